The molecule has 0 atom stereocenters. The topological polar surface area (TPSA) is 59.3 Å². The number of hydrogen-bond acceptors (Lipinski definition) is 4. The second kappa shape index (κ2) is 4.77. The second-order valence-electron chi connectivity index (χ2n) is 4.48. The summed E-state index contributed by atoms with van der Waals surface area (Å²) in [7, 11) is 1.81. The van der Waals surface area contributed by atoms with Crippen molar-refractivity contribution in [2.24, 2.45) is 0 Å². The van der Waals surface area contributed by atoms with E-state index < -0.39 is 0 Å². The van der Waals surface area contributed by atoms with Gasteiger partial charge in [0.05, 0.1) is 11.9 Å². The van der Waals surface area contributed by atoms with Crippen LogP contribution in [0.2, 0.25) is 0 Å². The molecule has 0 bridgehead atoms. The van der Waals surface area contributed by atoms with E-state index in [4.69, 9.17) is 0 Å². The summed E-state index contributed by atoms with van der Waals surface area (Å²) < 4.78 is 1.74. The zero-order chi connectivity index (χ0) is 14.1. The van der Waals surface area contributed by atoms with Gasteiger partial charge in [0.1, 0.15) is 5.82 Å². The van der Waals surface area contributed by atoms with Crippen LogP contribution in [0, 0.1) is 0 Å². The first-order chi connectivity index (χ1) is 9.70. The molecule has 1 aromatic carbocycles. The lowest BCUT2D eigenvalue weighted by Crippen LogP contribution is -2.02. The largest absolute Gasteiger partial charge is 0.372 e. The fraction of sp³-hybridized carbons (Fsp3) is 0.133. The summed E-state index contributed by atoms with van der Waals surface area (Å²) in [6, 6.07) is 11.2. The Kier molecular flexibility index (Phi) is 2.95. The summed E-state index contributed by atoms with van der Waals surface area (Å²) in [5.41, 5.74) is 3.07. The molecule has 0 saturated heterocycles. The van der Waals surface area contributed by atoms with E-state index in [9.17, 15) is 4.79 Å². The minimum Gasteiger partial charge on any atom is -0.372 e. The summed E-state index contributed by atoms with van der Waals surface area (Å²) in [6.45, 7) is 1.56. The van der Waals surface area contributed by atoms with Crippen LogP contribution in [0.4, 0.5) is 5.82 Å². The lowest BCUT2D eigenvalue weighted by molar-refractivity contribution is 0.101. The van der Waals surface area contributed by atoms with Crippen molar-refractivity contribution in [2.75, 3.05) is 12.4 Å². The number of imidazole rings is 1. The van der Waals surface area contributed by atoms with Crippen molar-refractivity contribution in [2.45, 2.75) is 6.92 Å². The van der Waals surface area contributed by atoms with Crippen LogP contribution < -0.4 is 5.32 Å². The van der Waals surface area contributed by atoms with Crippen molar-refractivity contribution in [3.8, 4) is 11.3 Å². The normalized spacial score (nSPS) is 10.7. The number of fused-ring (bicyclic) bond motifs is 1. The molecule has 5 nitrogen and oxygen atoms in total. The molecule has 0 unspecified atom stereocenters. The van der Waals surface area contributed by atoms with E-state index in [-0.39, 0.29) is 5.78 Å². The highest BCUT2D eigenvalue weighted by Gasteiger charge is 2.13. The first kappa shape index (κ1) is 12.3. The minimum absolute atomic E-state index is 0.0281. The number of carbonyl (C=O) groups is 1. The SMILES string of the molecule is CNc1ccc2ncc(-c3ccccc3C(C)=O)n2n1. The van der Waals surface area contributed by atoms with Gasteiger partial charge in [-0.2, -0.15) is 0 Å². The third-order valence-electron chi connectivity index (χ3n) is 3.20. The number of rotatable bonds is 3. The van der Waals surface area contributed by atoms with Crippen molar-refractivity contribution in [3.05, 3.63) is 48.2 Å². The Morgan fingerprint density at radius 3 is 2.75 bits per heavy atom. The van der Waals surface area contributed by atoms with Crippen LogP contribution in [-0.2, 0) is 0 Å². The maximum Gasteiger partial charge on any atom is 0.160 e. The van der Waals surface area contributed by atoms with Gasteiger partial charge in [0, 0.05) is 18.2 Å². The van der Waals surface area contributed by atoms with Gasteiger partial charge >= 0.3 is 0 Å². The summed E-state index contributed by atoms with van der Waals surface area (Å²) in [6.07, 6.45) is 1.74. The van der Waals surface area contributed by atoms with E-state index in [1.54, 1.807) is 17.6 Å². The van der Waals surface area contributed by atoms with Crippen LogP contribution >= 0.6 is 0 Å². The highest BCUT2D eigenvalue weighted by atomic mass is 16.1. The maximum atomic E-state index is 11.8. The van der Waals surface area contributed by atoms with E-state index >= 15 is 0 Å². The molecule has 2 aromatic heterocycles. The highest BCUT2D eigenvalue weighted by Crippen LogP contribution is 2.24. The molecule has 0 fully saturated rings. The van der Waals surface area contributed by atoms with E-state index in [2.05, 4.69) is 15.4 Å². The highest BCUT2D eigenvalue weighted by molar-refractivity contribution is 6.00. The van der Waals surface area contributed by atoms with Gasteiger partial charge in [-0.3, -0.25) is 4.79 Å². The Hall–Kier alpha value is -2.69. The number of hydrogen-bond donors (Lipinski definition) is 1. The summed E-state index contributed by atoms with van der Waals surface area (Å²) in [5, 5.41) is 7.46. The van der Waals surface area contributed by atoms with Crippen LogP contribution in [0.3, 0.4) is 0 Å². The lowest BCUT2D eigenvalue weighted by Gasteiger charge is -2.07. The van der Waals surface area contributed by atoms with E-state index in [0.29, 0.717) is 5.56 Å². The van der Waals surface area contributed by atoms with Gasteiger partial charge in [-0.1, -0.05) is 24.3 Å². The quantitative estimate of drug-likeness (QED) is 0.740. The number of Topliss-reactive ketones (excluding diaryl/α,β-unsaturated/α-hetero) is 1. The molecule has 3 rings (SSSR count). The average molecular weight is 266 g/mol. The van der Waals surface area contributed by atoms with Gasteiger partial charge in [-0.25, -0.2) is 9.50 Å². The monoisotopic (exact) mass is 266 g/mol. The summed E-state index contributed by atoms with van der Waals surface area (Å²) >= 11 is 0. The molecule has 3 aromatic rings. The Bertz CT molecular complexity index is 791. The van der Waals surface area contributed by atoms with Crippen molar-refractivity contribution in [1.82, 2.24) is 14.6 Å². The number of nitrogens with zero attached hydrogens (tertiary/aromatic N) is 3. The minimum atomic E-state index is 0.0281. The zero-order valence-electron chi connectivity index (χ0n) is 11.3. The van der Waals surface area contributed by atoms with E-state index in [1.807, 2.05) is 43.4 Å². The second-order valence-corrected chi connectivity index (χ2v) is 4.48. The molecule has 0 amide bonds. The Morgan fingerprint density at radius 2 is 2.00 bits per heavy atom. The van der Waals surface area contributed by atoms with Crippen LogP contribution in [-0.4, -0.2) is 27.4 Å². The first-order valence-corrected chi connectivity index (χ1v) is 6.33. The van der Waals surface area contributed by atoms with Gasteiger partial charge in [0.25, 0.3) is 0 Å². The van der Waals surface area contributed by atoms with Gasteiger partial charge in [-0.05, 0) is 19.1 Å². The van der Waals surface area contributed by atoms with Crippen molar-refractivity contribution < 1.29 is 4.79 Å². The van der Waals surface area contributed by atoms with Crippen LogP contribution in [0.5, 0.6) is 0 Å². The number of ketones is 1. The molecule has 0 spiro atoms. The lowest BCUT2D eigenvalue weighted by atomic mass is 10.0. The number of benzene rings is 1. The van der Waals surface area contributed by atoms with Gasteiger partial charge in [0.15, 0.2) is 11.4 Å². The number of aromatic nitrogens is 3. The van der Waals surface area contributed by atoms with Crippen molar-refractivity contribution in [3.63, 3.8) is 0 Å². The molecule has 2 heterocycles. The van der Waals surface area contributed by atoms with E-state index in [1.165, 1.54) is 0 Å². The Labute approximate surface area is 116 Å². The zero-order valence-corrected chi connectivity index (χ0v) is 11.3. The molecule has 20 heavy (non-hydrogen) atoms. The smallest absolute Gasteiger partial charge is 0.160 e. The van der Waals surface area contributed by atoms with Crippen molar-refractivity contribution in [1.29, 1.82) is 0 Å². The first-order valence-electron chi connectivity index (χ1n) is 6.33. The molecule has 100 valence electrons. The summed E-state index contributed by atoms with van der Waals surface area (Å²) in [4.78, 5) is 16.1. The fourth-order valence-electron chi connectivity index (χ4n) is 2.20. The molecule has 1 N–H and O–H groups in total. The standard InChI is InChI=1S/C15H14N4O/c1-10(20)11-5-3-4-6-12(11)13-9-17-15-8-7-14(16-2)18-19(13)15/h3-9H,1-2H3,(H,16,18). The predicted molar refractivity (Wildman–Crippen MR) is 78.0 cm³/mol. The molecular formula is C15H14N4O. The fourth-order valence-corrected chi connectivity index (χ4v) is 2.20. The molecule has 0 saturated carbocycles. The molecule has 5 heteroatoms. The Morgan fingerprint density at radius 1 is 1.20 bits per heavy atom. The molecule has 0 aliphatic rings. The van der Waals surface area contributed by atoms with Crippen molar-refractivity contribution >= 4 is 17.2 Å². The molecule has 0 radical (unpaired) electrons. The predicted octanol–water partition coefficient (Wildman–Crippen LogP) is 2.64. The maximum absolute atomic E-state index is 11.8. The average Bonchev–Trinajstić information content (AvgIpc) is 2.89. The van der Waals surface area contributed by atoms with E-state index in [0.717, 1.165) is 22.7 Å². The number of anilines is 1. The van der Waals surface area contributed by atoms with Gasteiger partial charge < -0.3 is 5.32 Å². The molecule has 0 aliphatic carbocycles. The van der Waals surface area contributed by atoms with Crippen LogP contribution in [0.1, 0.15) is 17.3 Å². The van der Waals surface area contributed by atoms with Gasteiger partial charge in [-0.15, -0.1) is 5.10 Å². The number of carbonyl (C=O) groups excluding carboxylic acids is 1. The number of nitrogens with one attached hydrogen (secondary N) is 1. The molecule has 0 aliphatic heterocycles. The van der Waals surface area contributed by atoms with Crippen LogP contribution in [0.15, 0.2) is 42.6 Å². The summed E-state index contributed by atoms with van der Waals surface area (Å²) in [5.74, 6) is 0.775. The van der Waals surface area contributed by atoms with Crippen LogP contribution in [0.25, 0.3) is 16.9 Å². The van der Waals surface area contributed by atoms with Gasteiger partial charge in [0.2, 0.25) is 0 Å². The third-order valence-corrected chi connectivity index (χ3v) is 3.20. The molecular weight excluding hydrogens is 252 g/mol. The Balaban J connectivity index is 2.27. The third kappa shape index (κ3) is 1.93.